The highest BCUT2D eigenvalue weighted by Gasteiger charge is 2.37. The van der Waals surface area contributed by atoms with Gasteiger partial charge in [0.2, 0.25) is 5.91 Å². The largest absolute Gasteiger partial charge is 0.485 e. The van der Waals surface area contributed by atoms with Crippen molar-refractivity contribution in [3.8, 4) is 5.75 Å². The van der Waals surface area contributed by atoms with Crippen LogP contribution in [-0.2, 0) is 22.5 Å². The van der Waals surface area contributed by atoms with Gasteiger partial charge in [-0.05, 0) is 76.3 Å². The van der Waals surface area contributed by atoms with Gasteiger partial charge in [0, 0.05) is 43.2 Å². The van der Waals surface area contributed by atoms with Gasteiger partial charge in [-0.2, -0.15) is 0 Å². The first-order valence-electron chi connectivity index (χ1n) is 15.3. The average Bonchev–Trinajstić information content (AvgIpc) is 3.51. The maximum Gasteiger partial charge on any atom is 0.407 e. The lowest BCUT2D eigenvalue weighted by Crippen LogP contribution is -2.44. The van der Waals surface area contributed by atoms with Gasteiger partial charge in [0.15, 0.2) is 10.9 Å². The van der Waals surface area contributed by atoms with E-state index in [4.69, 9.17) is 60.9 Å². The predicted molar refractivity (Wildman–Crippen MR) is 186 cm³/mol. The zero-order valence-corrected chi connectivity index (χ0v) is 30.1. The fourth-order valence-electron chi connectivity index (χ4n) is 5.37. The van der Waals surface area contributed by atoms with Crippen LogP contribution in [0.3, 0.4) is 0 Å². The molecule has 2 amide bonds. The molecule has 0 bridgehead atoms. The Morgan fingerprint density at radius 2 is 1.83 bits per heavy atom. The van der Waals surface area contributed by atoms with Crippen molar-refractivity contribution in [3.63, 3.8) is 0 Å². The number of halogens is 4. The summed E-state index contributed by atoms with van der Waals surface area (Å²) in [5.74, 6) is -0.107. The zero-order valence-electron chi connectivity index (χ0n) is 26.2. The summed E-state index contributed by atoms with van der Waals surface area (Å²) in [6.07, 6.45) is 4.17. The fourth-order valence-corrected chi connectivity index (χ4v) is 7.46. The van der Waals surface area contributed by atoms with Crippen molar-refractivity contribution in [2.45, 2.75) is 77.7 Å². The topological polar surface area (TPSA) is 84.0 Å². The highest BCUT2D eigenvalue weighted by Crippen LogP contribution is 2.37. The van der Waals surface area contributed by atoms with Crippen LogP contribution in [0.4, 0.5) is 9.93 Å². The molecule has 248 valence electrons. The number of rotatable bonds is 11. The van der Waals surface area contributed by atoms with Crippen molar-refractivity contribution in [1.29, 1.82) is 0 Å². The van der Waals surface area contributed by atoms with Crippen molar-refractivity contribution in [2.24, 2.45) is 5.92 Å². The highest BCUT2D eigenvalue weighted by atomic mass is 35.5. The third kappa shape index (κ3) is 9.13. The maximum absolute atomic E-state index is 14.2. The molecule has 1 saturated carbocycles. The molecule has 2 fully saturated rings. The van der Waals surface area contributed by atoms with Crippen LogP contribution < -0.4 is 15.0 Å². The second kappa shape index (κ2) is 14.8. The molecule has 46 heavy (non-hydrogen) atoms. The van der Waals surface area contributed by atoms with Crippen LogP contribution in [0.15, 0.2) is 36.5 Å². The maximum atomic E-state index is 14.2. The van der Waals surface area contributed by atoms with Crippen molar-refractivity contribution in [3.05, 3.63) is 72.6 Å². The first-order valence-corrected chi connectivity index (χ1v) is 17.6. The molecular formula is C33H38Cl4N4O4S. The van der Waals surface area contributed by atoms with E-state index in [0.29, 0.717) is 45.4 Å². The van der Waals surface area contributed by atoms with E-state index in [0.717, 1.165) is 46.9 Å². The molecule has 2 unspecified atom stereocenters. The van der Waals surface area contributed by atoms with Gasteiger partial charge in [0.1, 0.15) is 11.7 Å². The minimum atomic E-state index is -0.660. The zero-order chi connectivity index (χ0) is 33.2. The molecular weight excluding hydrogens is 690 g/mol. The molecule has 1 aromatic heterocycles. The minimum absolute atomic E-state index is 0.0638. The van der Waals surface area contributed by atoms with Crippen molar-refractivity contribution in [2.75, 3.05) is 24.5 Å². The fraction of sp³-hybridized carbons (Fsp3) is 0.485. The normalized spacial score (nSPS) is 17.1. The average molecular weight is 729 g/mol. The van der Waals surface area contributed by atoms with E-state index in [2.05, 4.69) is 10.2 Å². The molecule has 8 nitrogen and oxygen atoms in total. The number of thiazole rings is 1. The highest BCUT2D eigenvalue weighted by molar-refractivity contribution is 7.15. The molecule has 2 aliphatic rings. The van der Waals surface area contributed by atoms with Crippen LogP contribution >= 0.6 is 57.7 Å². The van der Waals surface area contributed by atoms with Crippen LogP contribution in [0.5, 0.6) is 5.75 Å². The van der Waals surface area contributed by atoms with Gasteiger partial charge in [0.05, 0.1) is 32.6 Å². The third-order valence-electron chi connectivity index (χ3n) is 7.72. The lowest BCUT2D eigenvalue weighted by Gasteiger charge is -2.28. The van der Waals surface area contributed by atoms with Crippen molar-refractivity contribution < 1.29 is 19.1 Å². The number of benzene rings is 2. The first-order chi connectivity index (χ1) is 21.8. The second-order valence-electron chi connectivity index (χ2n) is 12.8. The lowest BCUT2D eigenvalue weighted by molar-refractivity contribution is -0.136. The molecule has 2 atom stereocenters. The van der Waals surface area contributed by atoms with Crippen LogP contribution in [-0.4, -0.2) is 59.3 Å². The summed E-state index contributed by atoms with van der Waals surface area (Å²) in [5, 5.41) is 5.55. The van der Waals surface area contributed by atoms with E-state index in [1.807, 2.05) is 42.3 Å². The van der Waals surface area contributed by atoms with Gasteiger partial charge >= 0.3 is 6.09 Å². The Balaban J connectivity index is 1.29. The molecule has 2 heterocycles. The summed E-state index contributed by atoms with van der Waals surface area (Å²) in [4.78, 5) is 36.4. The van der Waals surface area contributed by atoms with Crippen LogP contribution in [0.25, 0.3) is 0 Å². The van der Waals surface area contributed by atoms with Gasteiger partial charge < -0.3 is 24.6 Å². The molecule has 1 aliphatic carbocycles. The van der Waals surface area contributed by atoms with Gasteiger partial charge in [-0.15, -0.1) is 11.3 Å². The van der Waals surface area contributed by atoms with Gasteiger partial charge in [-0.25, -0.2) is 9.78 Å². The van der Waals surface area contributed by atoms with E-state index in [-0.39, 0.29) is 24.6 Å². The third-order valence-corrected chi connectivity index (χ3v) is 10.2. The van der Waals surface area contributed by atoms with E-state index >= 15 is 0 Å². The number of ether oxygens (including phenoxy) is 2. The van der Waals surface area contributed by atoms with E-state index in [9.17, 15) is 9.59 Å². The summed E-state index contributed by atoms with van der Waals surface area (Å²) in [7, 11) is 0. The van der Waals surface area contributed by atoms with Crippen LogP contribution in [0.1, 0.15) is 56.0 Å². The number of aromatic nitrogens is 1. The quantitative estimate of drug-likeness (QED) is 0.213. The van der Waals surface area contributed by atoms with E-state index < -0.39 is 17.6 Å². The predicted octanol–water partition coefficient (Wildman–Crippen LogP) is 8.60. The monoisotopic (exact) mass is 726 g/mol. The number of amides is 2. The Bertz CT molecular complexity index is 1550. The van der Waals surface area contributed by atoms with E-state index in [1.54, 1.807) is 26.8 Å². The Hall–Kier alpha value is -2.43. The molecule has 0 radical (unpaired) electrons. The molecule has 2 aromatic carbocycles. The summed E-state index contributed by atoms with van der Waals surface area (Å²) < 4.78 is 11.7. The summed E-state index contributed by atoms with van der Waals surface area (Å²) in [6.45, 7) is 9.18. The molecule has 1 saturated heterocycles. The number of carbonyl (C=O) groups excluding carboxylic acids is 2. The Labute approximate surface area is 294 Å². The Morgan fingerprint density at radius 3 is 2.50 bits per heavy atom. The van der Waals surface area contributed by atoms with Gasteiger partial charge in [0.25, 0.3) is 0 Å². The Kier molecular flexibility index (Phi) is 11.2. The first kappa shape index (κ1) is 34.9. The number of nitrogens with one attached hydrogen (secondary N) is 1. The summed E-state index contributed by atoms with van der Waals surface area (Å²) >= 11 is 27.1. The molecule has 0 spiro atoms. The summed E-state index contributed by atoms with van der Waals surface area (Å²) in [5.41, 5.74) is 1.09. The Morgan fingerprint density at radius 1 is 1.11 bits per heavy atom. The number of hydrogen-bond acceptors (Lipinski definition) is 7. The van der Waals surface area contributed by atoms with E-state index in [1.165, 1.54) is 11.3 Å². The second-order valence-corrected chi connectivity index (χ2v) is 15.5. The number of nitrogens with zero attached hydrogens (tertiary/aromatic N) is 3. The lowest BCUT2D eigenvalue weighted by atomic mass is 10.0. The standard InChI is InChI=1S/C33H38Cl4N4O4S/c1-19-12-26(35)29(27(36)13-19)44-23-10-11-40(18-23)31-38-16-24(46-31)14-21(15-39-32(43)45-33(2,3)4)30(42)41(22-8-9-22)17-20-6-5-7-25(34)28(20)37/h5-7,12-13,16,21-23H,8-11,14-15,17-18H2,1-4H3,(H,39,43). The number of carbonyl (C=O) groups is 2. The minimum Gasteiger partial charge on any atom is -0.485 e. The molecule has 1 aliphatic heterocycles. The number of aryl methyl sites for hydroxylation is 1. The number of alkyl carbamates (subject to hydrolysis) is 1. The van der Waals surface area contributed by atoms with Crippen LogP contribution in [0, 0.1) is 12.8 Å². The molecule has 13 heteroatoms. The molecule has 5 rings (SSSR count). The summed E-state index contributed by atoms with van der Waals surface area (Å²) in [6, 6.07) is 9.23. The van der Waals surface area contributed by atoms with Crippen molar-refractivity contribution >= 4 is 74.9 Å². The smallest absolute Gasteiger partial charge is 0.407 e. The van der Waals surface area contributed by atoms with Crippen LogP contribution in [0.2, 0.25) is 20.1 Å². The van der Waals surface area contributed by atoms with Gasteiger partial charge in [-0.3, -0.25) is 4.79 Å². The SMILES string of the molecule is Cc1cc(Cl)c(OC2CCN(c3ncc(CC(CNC(=O)OC(C)(C)C)C(=O)N(Cc4cccc(Cl)c4Cl)C4CC4)s3)C2)c(Cl)c1. The van der Waals surface area contributed by atoms with Crippen molar-refractivity contribution in [1.82, 2.24) is 15.2 Å². The molecule has 1 N–H and O–H groups in total. The number of anilines is 1. The number of hydrogen-bond donors (Lipinski definition) is 1. The molecule has 3 aromatic rings. The van der Waals surface area contributed by atoms with Gasteiger partial charge in [-0.1, -0.05) is 58.5 Å².